The van der Waals surface area contributed by atoms with Crippen molar-refractivity contribution in [3.63, 3.8) is 0 Å². The lowest BCUT2D eigenvalue weighted by Crippen LogP contribution is -2.24. The monoisotopic (exact) mass is 390 g/mol. The van der Waals surface area contributed by atoms with Crippen LogP contribution in [0.5, 0.6) is 0 Å². The van der Waals surface area contributed by atoms with Crippen LogP contribution in [0.25, 0.3) is 11.1 Å². The first-order chi connectivity index (χ1) is 14.0. The molecule has 0 bridgehead atoms. The largest absolute Gasteiger partial charge is 0.316 e. The number of anilines is 1. The van der Waals surface area contributed by atoms with Crippen LogP contribution in [-0.2, 0) is 11.2 Å². The Labute approximate surface area is 170 Å². The Hall–Kier alpha value is -3.34. The van der Waals surface area contributed by atoms with Crippen molar-refractivity contribution in [3.8, 4) is 11.1 Å². The minimum absolute atomic E-state index is 0.0121. The van der Waals surface area contributed by atoms with Crippen LogP contribution in [0.2, 0.25) is 0 Å². The van der Waals surface area contributed by atoms with Crippen LogP contribution >= 0.6 is 0 Å². The number of hydrogen-bond donors (Lipinski definition) is 0. The molecule has 148 valence electrons. The molecule has 0 fully saturated rings. The highest BCUT2D eigenvalue weighted by atomic mass is 19.1. The summed E-state index contributed by atoms with van der Waals surface area (Å²) in [4.78, 5) is 29.8. The normalized spacial score (nSPS) is 10.6. The molecule has 0 spiro atoms. The highest BCUT2D eigenvalue weighted by Crippen LogP contribution is 2.26. The third kappa shape index (κ3) is 4.93. The van der Waals surface area contributed by atoms with E-state index < -0.39 is 5.82 Å². The van der Waals surface area contributed by atoms with Gasteiger partial charge >= 0.3 is 0 Å². The summed E-state index contributed by atoms with van der Waals surface area (Å²) in [5.74, 6) is -0.532. The molecule has 1 amide bonds. The maximum atomic E-state index is 14.7. The summed E-state index contributed by atoms with van der Waals surface area (Å²) in [6.45, 7) is 1.81. The maximum Gasteiger partial charge on any atom is 0.226 e. The number of rotatable bonds is 7. The van der Waals surface area contributed by atoms with Crippen molar-refractivity contribution in [3.05, 3.63) is 83.9 Å². The van der Waals surface area contributed by atoms with Gasteiger partial charge in [0.2, 0.25) is 5.91 Å². The van der Waals surface area contributed by atoms with Crippen LogP contribution in [0, 0.1) is 5.82 Å². The number of aromatic nitrogens is 1. The van der Waals surface area contributed by atoms with Gasteiger partial charge in [-0.2, -0.15) is 0 Å². The molecular weight excluding hydrogens is 367 g/mol. The summed E-state index contributed by atoms with van der Waals surface area (Å²) in [5.41, 5.74) is 3.20. The number of halogens is 1. The molecule has 4 nitrogen and oxygen atoms in total. The van der Waals surface area contributed by atoms with E-state index in [-0.39, 0.29) is 11.7 Å². The smallest absolute Gasteiger partial charge is 0.226 e. The number of nitrogens with zero attached hydrogens (tertiary/aromatic N) is 2. The molecule has 0 saturated carbocycles. The number of carbonyl (C=O) groups is 2. The molecule has 3 aromatic rings. The Balaban J connectivity index is 1.72. The number of pyridine rings is 1. The first-order valence-corrected chi connectivity index (χ1v) is 9.58. The van der Waals surface area contributed by atoms with Crippen LogP contribution in [0.4, 0.5) is 10.1 Å². The average Bonchev–Trinajstić information content (AvgIpc) is 2.77. The molecule has 1 heterocycles. The van der Waals surface area contributed by atoms with E-state index in [2.05, 4.69) is 4.98 Å². The number of hydrogen-bond acceptors (Lipinski definition) is 3. The fraction of sp³-hybridized carbons (Fsp3) is 0.208. The number of ketones is 1. The van der Waals surface area contributed by atoms with E-state index >= 15 is 0 Å². The molecule has 1 aromatic heterocycles. The summed E-state index contributed by atoms with van der Waals surface area (Å²) >= 11 is 0. The highest BCUT2D eigenvalue weighted by molar-refractivity contribution is 5.96. The molecule has 0 radical (unpaired) electrons. The molecule has 0 saturated heterocycles. The zero-order chi connectivity index (χ0) is 20.8. The molecule has 5 heteroatoms. The van der Waals surface area contributed by atoms with Crippen molar-refractivity contribution in [1.29, 1.82) is 0 Å². The van der Waals surface area contributed by atoms with Gasteiger partial charge in [0.1, 0.15) is 5.82 Å². The zero-order valence-corrected chi connectivity index (χ0v) is 16.6. The molecule has 0 aliphatic rings. The van der Waals surface area contributed by atoms with Crippen molar-refractivity contribution < 1.29 is 14.0 Å². The van der Waals surface area contributed by atoms with Gasteiger partial charge in [0.25, 0.3) is 0 Å². The van der Waals surface area contributed by atoms with E-state index in [0.29, 0.717) is 36.0 Å². The minimum atomic E-state index is -0.442. The van der Waals surface area contributed by atoms with E-state index in [1.807, 2.05) is 19.1 Å². The molecular formula is C24H23FN2O2. The van der Waals surface area contributed by atoms with Gasteiger partial charge in [0, 0.05) is 49.1 Å². The van der Waals surface area contributed by atoms with Crippen LogP contribution in [0.1, 0.15) is 35.7 Å². The molecule has 3 rings (SSSR count). The second kappa shape index (κ2) is 9.24. The van der Waals surface area contributed by atoms with Gasteiger partial charge in [-0.3, -0.25) is 14.6 Å². The Morgan fingerprint density at radius 3 is 2.45 bits per heavy atom. The number of amides is 1. The van der Waals surface area contributed by atoms with Gasteiger partial charge in [-0.1, -0.05) is 37.3 Å². The Bertz CT molecular complexity index is 1000. The SMILES string of the molecule is CCC(=O)N(C)c1ccc(-c2ccc(C(=O)CCc3cccnc3)cc2F)cc1. The zero-order valence-electron chi connectivity index (χ0n) is 16.6. The van der Waals surface area contributed by atoms with Crippen molar-refractivity contribution in [1.82, 2.24) is 4.98 Å². The molecule has 29 heavy (non-hydrogen) atoms. The fourth-order valence-electron chi connectivity index (χ4n) is 3.12. The third-order valence-corrected chi connectivity index (χ3v) is 4.90. The van der Waals surface area contributed by atoms with Crippen molar-refractivity contribution in [2.75, 3.05) is 11.9 Å². The van der Waals surface area contributed by atoms with Crippen molar-refractivity contribution >= 4 is 17.4 Å². The third-order valence-electron chi connectivity index (χ3n) is 4.90. The molecule has 0 aliphatic carbocycles. The Morgan fingerprint density at radius 1 is 1.07 bits per heavy atom. The van der Waals surface area contributed by atoms with Crippen molar-refractivity contribution in [2.24, 2.45) is 0 Å². The topological polar surface area (TPSA) is 50.3 Å². The van der Waals surface area contributed by atoms with Gasteiger partial charge in [-0.25, -0.2) is 4.39 Å². The lowest BCUT2D eigenvalue weighted by molar-refractivity contribution is -0.118. The summed E-state index contributed by atoms with van der Waals surface area (Å²) in [6, 6.07) is 15.4. The summed E-state index contributed by atoms with van der Waals surface area (Å²) < 4.78 is 14.7. The second-order valence-corrected chi connectivity index (χ2v) is 6.83. The van der Waals surface area contributed by atoms with Crippen molar-refractivity contribution in [2.45, 2.75) is 26.2 Å². The Morgan fingerprint density at radius 2 is 1.83 bits per heavy atom. The fourth-order valence-corrected chi connectivity index (χ4v) is 3.12. The van der Waals surface area contributed by atoms with Gasteiger partial charge in [-0.15, -0.1) is 0 Å². The first kappa shape index (κ1) is 20.4. The predicted molar refractivity (Wildman–Crippen MR) is 112 cm³/mol. The highest BCUT2D eigenvalue weighted by Gasteiger charge is 2.13. The number of benzene rings is 2. The van der Waals surface area contributed by atoms with Crippen LogP contribution < -0.4 is 4.90 Å². The van der Waals surface area contributed by atoms with Crippen LogP contribution in [-0.4, -0.2) is 23.7 Å². The van der Waals surface area contributed by atoms with Gasteiger partial charge in [0.05, 0.1) is 0 Å². The standard InChI is InChI=1S/C24H23FN2O2/c1-3-24(29)27(2)20-10-7-18(8-11-20)21-12-9-19(15-22(21)25)23(28)13-6-17-5-4-14-26-16-17/h4-5,7-12,14-16H,3,6,13H2,1-2H3. The molecule has 2 aromatic carbocycles. The molecule has 0 unspecified atom stereocenters. The lowest BCUT2D eigenvalue weighted by atomic mass is 9.99. The lowest BCUT2D eigenvalue weighted by Gasteiger charge is -2.17. The predicted octanol–water partition coefficient (Wildman–Crippen LogP) is 5.08. The number of carbonyl (C=O) groups excluding carboxylic acids is 2. The maximum absolute atomic E-state index is 14.7. The number of Topliss-reactive ketones (excluding diaryl/α,β-unsaturated/α-hetero) is 1. The molecule has 0 aliphatic heterocycles. The first-order valence-electron chi connectivity index (χ1n) is 9.58. The number of aryl methyl sites for hydroxylation is 1. The van der Waals surface area contributed by atoms with Crippen LogP contribution in [0.3, 0.4) is 0 Å². The molecule has 0 N–H and O–H groups in total. The summed E-state index contributed by atoms with van der Waals surface area (Å²) in [7, 11) is 1.72. The quantitative estimate of drug-likeness (QED) is 0.529. The summed E-state index contributed by atoms with van der Waals surface area (Å²) in [5, 5.41) is 0. The molecule has 0 atom stereocenters. The van der Waals surface area contributed by atoms with Gasteiger partial charge in [0.15, 0.2) is 5.78 Å². The van der Waals surface area contributed by atoms with E-state index in [1.54, 1.807) is 60.7 Å². The minimum Gasteiger partial charge on any atom is -0.316 e. The second-order valence-electron chi connectivity index (χ2n) is 6.83. The van der Waals surface area contributed by atoms with E-state index in [9.17, 15) is 14.0 Å². The van der Waals surface area contributed by atoms with E-state index in [1.165, 1.54) is 6.07 Å². The van der Waals surface area contributed by atoms with E-state index in [4.69, 9.17) is 0 Å². The Kier molecular flexibility index (Phi) is 6.50. The summed E-state index contributed by atoms with van der Waals surface area (Å²) in [6.07, 6.45) is 4.71. The van der Waals surface area contributed by atoms with Crippen LogP contribution in [0.15, 0.2) is 67.0 Å². The van der Waals surface area contributed by atoms with Gasteiger partial charge in [-0.05, 0) is 41.8 Å². The van der Waals surface area contributed by atoms with E-state index in [0.717, 1.165) is 11.3 Å². The average molecular weight is 390 g/mol. The van der Waals surface area contributed by atoms with Gasteiger partial charge < -0.3 is 4.90 Å².